The predicted octanol–water partition coefficient (Wildman–Crippen LogP) is 1.19. The van der Waals surface area contributed by atoms with Crippen LogP contribution in [0.5, 0.6) is 0 Å². The number of carbonyl (C=O) groups is 1. The molecule has 0 unspecified atom stereocenters. The summed E-state index contributed by atoms with van der Waals surface area (Å²) in [6.07, 6.45) is 0.848. The van der Waals surface area contributed by atoms with Crippen molar-refractivity contribution < 1.29 is 18.1 Å². The summed E-state index contributed by atoms with van der Waals surface area (Å²) in [5.41, 5.74) is -0.231. The summed E-state index contributed by atoms with van der Waals surface area (Å²) >= 11 is 12.0. The maximum absolute atomic E-state index is 12.8. The largest absolute Gasteiger partial charge is 0.346 e. The third kappa shape index (κ3) is 5.10. The van der Waals surface area contributed by atoms with Gasteiger partial charge in [0, 0.05) is 5.54 Å². The molecular weight excluding hydrogens is 397 g/mol. The molecule has 9 heteroatoms. The molecule has 1 aromatic carbocycles. The van der Waals surface area contributed by atoms with E-state index < -0.39 is 10.0 Å². The number of carbonyl (C=O) groups excluding carboxylic acids is 1. The molecule has 1 amide bonds. The predicted molar refractivity (Wildman–Crippen MR) is 103 cm³/mol. The molecule has 2 N–H and O–H groups in total. The van der Waals surface area contributed by atoms with Gasteiger partial charge in [-0.1, -0.05) is 36.2 Å². The van der Waals surface area contributed by atoms with Gasteiger partial charge < -0.3 is 10.2 Å². The second kappa shape index (κ2) is 8.44. The van der Waals surface area contributed by atoms with Crippen LogP contribution in [0.3, 0.4) is 0 Å². The number of hydrogen-bond donors (Lipinski definition) is 2. The Labute approximate surface area is 165 Å². The van der Waals surface area contributed by atoms with Crippen molar-refractivity contribution in [2.75, 3.05) is 32.7 Å². The van der Waals surface area contributed by atoms with Gasteiger partial charge in [0.1, 0.15) is 4.90 Å². The Bertz CT molecular complexity index is 761. The Kier molecular flexibility index (Phi) is 6.96. The van der Waals surface area contributed by atoms with Crippen LogP contribution in [-0.2, 0) is 14.8 Å². The highest BCUT2D eigenvalue weighted by molar-refractivity contribution is 7.89. The van der Waals surface area contributed by atoms with Gasteiger partial charge in [-0.3, -0.25) is 4.79 Å². The lowest BCUT2D eigenvalue weighted by Crippen LogP contribution is -3.16. The van der Waals surface area contributed by atoms with Crippen LogP contribution in [-0.4, -0.2) is 56.9 Å². The lowest BCUT2D eigenvalue weighted by Gasteiger charge is -2.32. The molecule has 0 saturated carbocycles. The van der Waals surface area contributed by atoms with Crippen molar-refractivity contribution in [3.63, 3.8) is 0 Å². The first kappa shape index (κ1) is 21.4. The van der Waals surface area contributed by atoms with Crippen LogP contribution < -0.4 is 10.2 Å². The van der Waals surface area contributed by atoms with Crippen molar-refractivity contribution in [3.8, 4) is 0 Å². The van der Waals surface area contributed by atoms with Crippen LogP contribution in [0.4, 0.5) is 0 Å². The third-order valence-electron chi connectivity index (χ3n) is 4.74. The maximum atomic E-state index is 12.8. The fraction of sp³-hybridized carbons (Fsp3) is 0.588. The third-order valence-corrected chi connectivity index (χ3v) is 7.61. The number of nitrogens with one attached hydrogen (secondary N) is 2. The number of rotatable bonds is 6. The van der Waals surface area contributed by atoms with Gasteiger partial charge >= 0.3 is 0 Å². The lowest BCUT2D eigenvalue weighted by atomic mass is 10.0. The van der Waals surface area contributed by atoms with Gasteiger partial charge in [0.15, 0.2) is 6.54 Å². The summed E-state index contributed by atoms with van der Waals surface area (Å²) in [5.74, 6) is -0.0129. The highest BCUT2D eigenvalue weighted by atomic mass is 35.5. The fourth-order valence-corrected chi connectivity index (χ4v) is 4.96. The van der Waals surface area contributed by atoms with Crippen LogP contribution in [0, 0.1) is 0 Å². The Hall–Kier alpha value is -0.860. The van der Waals surface area contributed by atoms with Crippen molar-refractivity contribution in [1.29, 1.82) is 0 Å². The molecule has 6 nitrogen and oxygen atoms in total. The number of amides is 1. The minimum absolute atomic E-state index is 0.0129. The monoisotopic (exact) mass is 422 g/mol. The van der Waals surface area contributed by atoms with E-state index in [2.05, 4.69) is 5.32 Å². The number of sulfonamides is 1. The summed E-state index contributed by atoms with van der Waals surface area (Å²) in [4.78, 5) is 13.3. The fourth-order valence-electron chi connectivity index (χ4n) is 2.78. The highest BCUT2D eigenvalue weighted by Crippen LogP contribution is 2.30. The molecule has 2 rings (SSSR count). The first-order valence-corrected chi connectivity index (χ1v) is 10.8. The Balaban J connectivity index is 1.97. The van der Waals surface area contributed by atoms with Gasteiger partial charge in [-0.2, -0.15) is 4.31 Å². The smallest absolute Gasteiger partial charge is 0.275 e. The van der Waals surface area contributed by atoms with Crippen molar-refractivity contribution in [3.05, 3.63) is 28.2 Å². The average Bonchev–Trinajstić information content (AvgIpc) is 2.57. The molecule has 1 aliphatic heterocycles. The Morgan fingerprint density at radius 1 is 1.27 bits per heavy atom. The van der Waals surface area contributed by atoms with Crippen molar-refractivity contribution in [2.45, 2.75) is 37.6 Å². The first-order valence-electron chi connectivity index (χ1n) is 8.65. The molecule has 1 aliphatic rings. The number of nitrogens with zero attached hydrogens (tertiary/aromatic N) is 1. The van der Waals surface area contributed by atoms with Crippen LogP contribution in [0.2, 0.25) is 10.0 Å². The van der Waals surface area contributed by atoms with Crippen molar-refractivity contribution in [2.24, 2.45) is 0 Å². The van der Waals surface area contributed by atoms with E-state index >= 15 is 0 Å². The molecule has 26 heavy (non-hydrogen) atoms. The number of piperazine rings is 1. The van der Waals surface area contributed by atoms with E-state index in [1.54, 1.807) is 12.1 Å². The minimum atomic E-state index is -3.70. The molecule has 0 radical (unpaired) electrons. The zero-order valence-electron chi connectivity index (χ0n) is 15.3. The molecule has 1 fully saturated rings. The number of quaternary nitrogens is 1. The summed E-state index contributed by atoms with van der Waals surface area (Å²) < 4.78 is 27.0. The van der Waals surface area contributed by atoms with E-state index in [1.165, 1.54) is 10.4 Å². The van der Waals surface area contributed by atoms with Crippen LogP contribution >= 0.6 is 23.2 Å². The zero-order valence-corrected chi connectivity index (χ0v) is 17.6. The molecule has 0 bridgehead atoms. The standard InChI is InChI=1S/C17H25Cl2N3O3S/c1-4-17(2,3)20-15(23)12-21-8-10-22(11-9-21)26(24,25)14-7-5-6-13(18)16(14)19/h5-7H,4,8-12H2,1-3H3,(H,20,23)/p+1. The normalized spacial score (nSPS) is 17.3. The van der Waals surface area contributed by atoms with E-state index in [1.807, 2.05) is 20.8 Å². The zero-order chi connectivity index (χ0) is 19.5. The molecule has 0 aliphatic carbocycles. The first-order chi connectivity index (χ1) is 12.1. The second-order valence-corrected chi connectivity index (χ2v) is 9.86. The average molecular weight is 423 g/mol. The Morgan fingerprint density at radius 2 is 1.88 bits per heavy atom. The van der Waals surface area contributed by atoms with Gasteiger partial charge in [0.25, 0.3) is 5.91 Å². The summed E-state index contributed by atoms with van der Waals surface area (Å²) in [6.45, 7) is 8.15. The van der Waals surface area contributed by atoms with E-state index in [4.69, 9.17) is 23.2 Å². The molecule has 146 valence electrons. The quantitative estimate of drug-likeness (QED) is 0.722. The maximum Gasteiger partial charge on any atom is 0.275 e. The van der Waals surface area contributed by atoms with Crippen LogP contribution in [0.1, 0.15) is 27.2 Å². The molecule has 0 aromatic heterocycles. The van der Waals surface area contributed by atoms with Gasteiger partial charge in [-0.15, -0.1) is 0 Å². The summed E-state index contributed by atoms with van der Waals surface area (Å²) in [7, 11) is -3.70. The van der Waals surface area contributed by atoms with Crippen molar-refractivity contribution in [1.82, 2.24) is 9.62 Å². The molecule has 1 aromatic rings. The van der Waals surface area contributed by atoms with Gasteiger partial charge in [0.2, 0.25) is 10.0 Å². The number of halogens is 2. The molecule has 0 atom stereocenters. The SMILES string of the molecule is CCC(C)(C)NC(=O)C[NH+]1CCN(S(=O)(=O)c2cccc(Cl)c2Cl)CC1. The van der Waals surface area contributed by atoms with Gasteiger partial charge in [-0.25, -0.2) is 8.42 Å². The van der Waals surface area contributed by atoms with Crippen LogP contribution in [0.15, 0.2) is 23.1 Å². The van der Waals surface area contributed by atoms with E-state index in [0.29, 0.717) is 32.7 Å². The molecule has 1 heterocycles. The minimum Gasteiger partial charge on any atom is -0.346 e. The number of hydrogen-bond acceptors (Lipinski definition) is 3. The second-order valence-electron chi connectivity index (χ2n) is 7.17. The van der Waals surface area contributed by atoms with E-state index in [-0.39, 0.29) is 26.4 Å². The summed E-state index contributed by atoms with van der Waals surface area (Å²) in [6, 6.07) is 4.59. The number of benzene rings is 1. The molecular formula is C17H26Cl2N3O3S+. The summed E-state index contributed by atoms with van der Waals surface area (Å²) in [5, 5.41) is 3.27. The Morgan fingerprint density at radius 3 is 2.46 bits per heavy atom. The highest BCUT2D eigenvalue weighted by Gasteiger charge is 2.33. The van der Waals surface area contributed by atoms with Crippen molar-refractivity contribution >= 4 is 39.1 Å². The molecule has 1 saturated heterocycles. The molecule has 0 spiro atoms. The van der Waals surface area contributed by atoms with Crippen LogP contribution in [0.25, 0.3) is 0 Å². The van der Waals surface area contributed by atoms with Gasteiger partial charge in [0.05, 0.1) is 36.2 Å². The van der Waals surface area contributed by atoms with Gasteiger partial charge in [-0.05, 0) is 32.4 Å². The lowest BCUT2D eigenvalue weighted by molar-refractivity contribution is -0.895. The van der Waals surface area contributed by atoms with E-state index in [0.717, 1.165) is 11.3 Å². The topological polar surface area (TPSA) is 70.9 Å². The van der Waals surface area contributed by atoms with E-state index in [9.17, 15) is 13.2 Å².